The Kier molecular flexibility index (Phi) is 3.14. The third-order valence-electron chi connectivity index (χ3n) is 2.36. The summed E-state index contributed by atoms with van der Waals surface area (Å²) in [5.74, 6) is 0. The lowest BCUT2D eigenvalue weighted by atomic mass is 9.99. The Labute approximate surface area is 88.3 Å². The molecule has 2 rings (SSSR count). The van der Waals surface area contributed by atoms with Crippen LogP contribution in [0.3, 0.4) is 0 Å². The van der Waals surface area contributed by atoms with E-state index in [1.807, 2.05) is 12.3 Å². The van der Waals surface area contributed by atoms with E-state index in [1.165, 1.54) is 25.0 Å². The molecule has 1 N–H and O–H groups in total. The van der Waals surface area contributed by atoms with Crippen LogP contribution in [0.15, 0.2) is 10.5 Å². The Morgan fingerprint density at radius 3 is 2.79 bits per heavy atom. The third-order valence-corrected chi connectivity index (χ3v) is 3.22. The van der Waals surface area contributed by atoms with Crippen molar-refractivity contribution in [1.29, 1.82) is 0 Å². The molecule has 1 saturated carbocycles. The number of hydrazone groups is 1. The molecule has 3 nitrogen and oxygen atoms in total. The first-order valence-electron chi connectivity index (χ1n) is 5.08. The molecule has 1 aliphatic carbocycles. The molecule has 0 amide bonds. The monoisotopic (exact) mass is 209 g/mol. The lowest BCUT2D eigenvalue weighted by Gasteiger charge is -2.11. The summed E-state index contributed by atoms with van der Waals surface area (Å²) < 4.78 is 0. The second kappa shape index (κ2) is 4.55. The van der Waals surface area contributed by atoms with Gasteiger partial charge in [-0.2, -0.15) is 5.10 Å². The average Bonchev–Trinajstić information content (AvgIpc) is 2.63. The van der Waals surface area contributed by atoms with Crippen molar-refractivity contribution in [2.45, 2.75) is 39.0 Å². The van der Waals surface area contributed by atoms with Gasteiger partial charge in [-0.3, -0.25) is 5.43 Å². The topological polar surface area (TPSA) is 37.3 Å². The van der Waals surface area contributed by atoms with Crippen LogP contribution < -0.4 is 5.43 Å². The maximum absolute atomic E-state index is 4.38. The summed E-state index contributed by atoms with van der Waals surface area (Å²) in [6, 6.07) is 0. The smallest absolute Gasteiger partial charge is 0.203 e. The number of aryl methyl sites for hydroxylation is 1. The van der Waals surface area contributed by atoms with E-state index < -0.39 is 0 Å². The maximum atomic E-state index is 4.38. The van der Waals surface area contributed by atoms with E-state index in [0.29, 0.717) is 0 Å². The van der Waals surface area contributed by atoms with Crippen molar-refractivity contribution in [1.82, 2.24) is 4.98 Å². The molecule has 0 atom stereocenters. The van der Waals surface area contributed by atoms with Gasteiger partial charge in [-0.05, 0) is 32.6 Å². The molecule has 1 heterocycles. The number of nitrogens with one attached hydrogen (secondary N) is 1. The highest BCUT2D eigenvalue weighted by Crippen LogP contribution is 2.17. The molecule has 1 fully saturated rings. The molecule has 0 bridgehead atoms. The molecule has 1 aliphatic rings. The van der Waals surface area contributed by atoms with Gasteiger partial charge in [-0.1, -0.05) is 6.42 Å². The first-order valence-corrected chi connectivity index (χ1v) is 5.96. The highest BCUT2D eigenvalue weighted by Gasteiger charge is 2.06. The molecule has 0 aromatic carbocycles. The summed E-state index contributed by atoms with van der Waals surface area (Å²) in [6.07, 6.45) is 6.24. The minimum Gasteiger partial charge on any atom is -0.253 e. The van der Waals surface area contributed by atoms with Crippen LogP contribution in [0.1, 0.15) is 37.8 Å². The number of anilines is 1. The summed E-state index contributed by atoms with van der Waals surface area (Å²) >= 11 is 1.61. The number of hydrogen-bond acceptors (Lipinski definition) is 4. The second-order valence-corrected chi connectivity index (χ2v) is 4.50. The van der Waals surface area contributed by atoms with Crippen molar-refractivity contribution >= 4 is 22.2 Å². The third kappa shape index (κ3) is 2.54. The second-order valence-electron chi connectivity index (χ2n) is 3.64. The predicted molar refractivity (Wildman–Crippen MR) is 61.0 cm³/mol. The zero-order chi connectivity index (χ0) is 9.80. The van der Waals surface area contributed by atoms with Gasteiger partial charge in [0.2, 0.25) is 5.13 Å². The Morgan fingerprint density at radius 2 is 2.14 bits per heavy atom. The molecule has 0 unspecified atom stereocenters. The number of hydrogen-bond donors (Lipinski definition) is 1. The quantitative estimate of drug-likeness (QED) is 0.759. The van der Waals surface area contributed by atoms with Crippen LogP contribution in [-0.2, 0) is 0 Å². The standard InChI is InChI=1S/C10H15N3S/c1-8-7-14-10(11-8)13-12-9-5-3-2-4-6-9/h7H,2-6H2,1H3,(H,11,13). The SMILES string of the molecule is Cc1csc(NN=C2CCCCC2)n1. The predicted octanol–water partition coefficient (Wildman–Crippen LogP) is 3.18. The molecule has 14 heavy (non-hydrogen) atoms. The molecular formula is C10H15N3S. The van der Waals surface area contributed by atoms with Crippen LogP contribution in [-0.4, -0.2) is 10.7 Å². The molecule has 76 valence electrons. The summed E-state index contributed by atoms with van der Waals surface area (Å²) in [5.41, 5.74) is 5.38. The summed E-state index contributed by atoms with van der Waals surface area (Å²) in [5, 5.41) is 7.32. The van der Waals surface area contributed by atoms with Gasteiger partial charge < -0.3 is 0 Å². The van der Waals surface area contributed by atoms with Crippen LogP contribution in [0.5, 0.6) is 0 Å². The zero-order valence-electron chi connectivity index (χ0n) is 8.42. The highest BCUT2D eigenvalue weighted by molar-refractivity contribution is 7.13. The van der Waals surface area contributed by atoms with Crippen molar-refractivity contribution in [2.24, 2.45) is 5.10 Å². The molecule has 0 saturated heterocycles. The molecule has 0 radical (unpaired) electrons. The van der Waals surface area contributed by atoms with E-state index in [0.717, 1.165) is 23.7 Å². The fraction of sp³-hybridized carbons (Fsp3) is 0.600. The van der Waals surface area contributed by atoms with Crippen LogP contribution in [0.2, 0.25) is 0 Å². The van der Waals surface area contributed by atoms with Crippen LogP contribution >= 0.6 is 11.3 Å². The van der Waals surface area contributed by atoms with Gasteiger partial charge in [0, 0.05) is 11.1 Å². The normalized spacial score (nSPS) is 16.8. The van der Waals surface area contributed by atoms with Crippen molar-refractivity contribution in [2.75, 3.05) is 5.43 Å². The summed E-state index contributed by atoms with van der Waals surface area (Å²) in [4.78, 5) is 4.30. The fourth-order valence-electron chi connectivity index (χ4n) is 1.60. The van der Waals surface area contributed by atoms with Gasteiger partial charge in [0.25, 0.3) is 0 Å². The minimum atomic E-state index is 0.903. The van der Waals surface area contributed by atoms with Crippen LogP contribution in [0.25, 0.3) is 0 Å². The van der Waals surface area contributed by atoms with Crippen molar-refractivity contribution in [3.8, 4) is 0 Å². The molecule has 4 heteroatoms. The van der Waals surface area contributed by atoms with E-state index in [1.54, 1.807) is 11.3 Å². The van der Waals surface area contributed by atoms with Gasteiger partial charge in [0.15, 0.2) is 0 Å². The molecule has 1 aromatic rings. The number of aromatic nitrogens is 1. The van der Waals surface area contributed by atoms with E-state index in [4.69, 9.17) is 0 Å². The Hall–Kier alpha value is -0.900. The Bertz CT molecular complexity index is 322. The number of thiazole rings is 1. The van der Waals surface area contributed by atoms with Crippen molar-refractivity contribution in [3.05, 3.63) is 11.1 Å². The first-order chi connectivity index (χ1) is 6.84. The van der Waals surface area contributed by atoms with Gasteiger partial charge in [0.1, 0.15) is 0 Å². The zero-order valence-corrected chi connectivity index (χ0v) is 9.23. The average molecular weight is 209 g/mol. The lowest BCUT2D eigenvalue weighted by molar-refractivity contribution is 0.665. The summed E-state index contributed by atoms with van der Waals surface area (Å²) in [6.45, 7) is 2.00. The van der Waals surface area contributed by atoms with Gasteiger partial charge in [-0.15, -0.1) is 11.3 Å². The minimum absolute atomic E-state index is 0.903. The van der Waals surface area contributed by atoms with Crippen molar-refractivity contribution < 1.29 is 0 Å². The molecular weight excluding hydrogens is 194 g/mol. The van der Waals surface area contributed by atoms with Gasteiger partial charge in [-0.25, -0.2) is 4.98 Å². The van der Waals surface area contributed by atoms with Gasteiger partial charge >= 0.3 is 0 Å². The highest BCUT2D eigenvalue weighted by atomic mass is 32.1. The van der Waals surface area contributed by atoms with Crippen LogP contribution in [0.4, 0.5) is 5.13 Å². The fourth-order valence-corrected chi connectivity index (χ4v) is 2.23. The maximum Gasteiger partial charge on any atom is 0.203 e. The Balaban J connectivity index is 1.91. The van der Waals surface area contributed by atoms with Crippen LogP contribution in [0, 0.1) is 6.92 Å². The Morgan fingerprint density at radius 1 is 1.36 bits per heavy atom. The van der Waals surface area contributed by atoms with Gasteiger partial charge in [0.05, 0.1) is 5.69 Å². The molecule has 1 aromatic heterocycles. The van der Waals surface area contributed by atoms with E-state index in [2.05, 4.69) is 15.5 Å². The van der Waals surface area contributed by atoms with Crippen molar-refractivity contribution in [3.63, 3.8) is 0 Å². The molecule has 0 spiro atoms. The summed E-state index contributed by atoms with van der Waals surface area (Å²) in [7, 11) is 0. The first kappa shape index (κ1) is 9.65. The number of nitrogens with zero attached hydrogens (tertiary/aromatic N) is 2. The van der Waals surface area contributed by atoms with E-state index in [9.17, 15) is 0 Å². The molecule has 0 aliphatic heterocycles. The van der Waals surface area contributed by atoms with E-state index >= 15 is 0 Å². The number of rotatable bonds is 2. The largest absolute Gasteiger partial charge is 0.253 e. The lowest BCUT2D eigenvalue weighted by Crippen LogP contribution is -2.07. The van der Waals surface area contributed by atoms with E-state index in [-0.39, 0.29) is 0 Å².